The van der Waals surface area contributed by atoms with Gasteiger partial charge in [0.2, 0.25) is 0 Å². The fourth-order valence-corrected chi connectivity index (χ4v) is 2.36. The Bertz CT molecular complexity index is 520. The van der Waals surface area contributed by atoms with Gasteiger partial charge in [0.05, 0.1) is 5.56 Å². The molecular formula is C16H20N2O3. The van der Waals surface area contributed by atoms with Crippen LogP contribution >= 0.6 is 0 Å². The number of nitriles is 1. The van der Waals surface area contributed by atoms with Crippen LogP contribution in [0.5, 0.6) is 5.75 Å². The normalized spacial score (nSPS) is 14.1. The number of carbonyl (C=O) groups excluding carboxylic acids is 1. The van der Waals surface area contributed by atoms with Crippen molar-refractivity contribution in [1.82, 2.24) is 4.90 Å². The van der Waals surface area contributed by atoms with Crippen LogP contribution in [0.2, 0.25) is 0 Å². The number of rotatable bonds is 7. The van der Waals surface area contributed by atoms with Gasteiger partial charge in [-0.2, -0.15) is 5.26 Å². The summed E-state index contributed by atoms with van der Waals surface area (Å²) in [5.41, 5.74) is 0.427. The van der Waals surface area contributed by atoms with Crippen LogP contribution in [0.1, 0.15) is 31.2 Å². The molecule has 1 aromatic rings. The topological polar surface area (TPSA) is 73.6 Å². The highest BCUT2D eigenvalue weighted by atomic mass is 16.5. The van der Waals surface area contributed by atoms with Gasteiger partial charge in [-0.3, -0.25) is 4.79 Å². The number of aliphatic hydroxyl groups excluding tert-OH is 1. The molecule has 0 atom stereocenters. The number of hydrogen-bond donors (Lipinski definition) is 1. The lowest BCUT2D eigenvalue weighted by atomic mass is 9.91. The Morgan fingerprint density at radius 3 is 2.81 bits per heavy atom. The van der Waals surface area contributed by atoms with E-state index < -0.39 is 0 Å². The van der Waals surface area contributed by atoms with Crippen LogP contribution in [-0.4, -0.2) is 41.7 Å². The zero-order valence-corrected chi connectivity index (χ0v) is 12.0. The molecule has 5 nitrogen and oxygen atoms in total. The number of hydrogen-bond acceptors (Lipinski definition) is 4. The van der Waals surface area contributed by atoms with Crippen LogP contribution < -0.4 is 4.74 Å². The van der Waals surface area contributed by atoms with Crippen molar-refractivity contribution >= 4 is 5.91 Å². The standard InChI is InChI=1S/C16H20N2O3/c17-11-13-5-1-2-8-15(13)21-12-16(20)18(9-4-10-19)14-6-3-7-14/h1-2,5,8,14,19H,3-4,6-7,9-10,12H2. The van der Waals surface area contributed by atoms with E-state index in [1.54, 1.807) is 29.2 Å². The second kappa shape index (κ2) is 7.65. The molecule has 0 aromatic heterocycles. The number of benzene rings is 1. The van der Waals surface area contributed by atoms with Gasteiger partial charge in [0.1, 0.15) is 11.8 Å². The van der Waals surface area contributed by atoms with Gasteiger partial charge >= 0.3 is 0 Å². The molecule has 1 amide bonds. The first-order chi connectivity index (χ1) is 10.3. The Hall–Kier alpha value is -2.06. The van der Waals surface area contributed by atoms with Crippen molar-refractivity contribution in [3.8, 4) is 11.8 Å². The predicted octanol–water partition coefficient (Wildman–Crippen LogP) is 1.70. The van der Waals surface area contributed by atoms with Gasteiger partial charge in [0.25, 0.3) is 5.91 Å². The molecule has 0 bridgehead atoms. The average Bonchev–Trinajstić information content (AvgIpc) is 2.47. The highest BCUT2D eigenvalue weighted by Gasteiger charge is 2.28. The number of amides is 1. The fourth-order valence-electron chi connectivity index (χ4n) is 2.36. The summed E-state index contributed by atoms with van der Waals surface area (Å²) in [5.74, 6) is 0.352. The Morgan fingerprint density at radius 1 is 1.43 bits per heavy atom. The Morgan fingerprint density at radius 2 is 2.19 bits per heavy atom. The van der Waals surface area contributed by atoms with Crippen LogP contribution in [0.3, 0.4) is 0 Å². The van der Waals surface area contributed by atoms with Crippen LogP contribution in [0.25, 0.3) is 0 Å². The van der Waals surface area contributed by atoms with Gasteiger partial charge in [-0.1, -0.05) is 12.1 Å². The molecule has 0 spiro atoms. The molecule has 1 saturated carbocycles. The van der Waals surface area contributed by atoms with E-state index in [-0.39, 0.29) is 25.2 Å². The highest BCUT2D eigenvalue weighted by Crippen LogP contribution is 2.25. The van der Waals surface area contributed by atoms with Crippen molar-refractivity contribution in [3.63, 3.8) is 0 Å². The number of ether oxygens (including phenoxy) is 1. The van der Waals surface area contributed by atoms with E-state index >= 15 is 0 Å². The first kappa shape index (κ1) is 15.3. The molecule has 0 radical (unpaired) electrons. The molecule has 0 saturated heterocycles. The minimum Gasteiger partial charge on any atom is -0.482 e. The van der Waals surface area contributed by atoms with Gasteiger partial charge in [-0.15, -0.1) is 0 Å². The van der Waals surface area contributed by atoms with Crippen molar-refractivity contribution in [3.05, 3.63) is 29.8 Å². The maximum atomic E-state index is 12.3. The fraction of sp³-hybridized carbons (Fsp3) is 0.500. The van der Waals surface area contributed by atoms with Gasteiger partial charge < -0.3 is 14.7 Å². The first-order valence-corrected chi connectivity index (χ1v) is 7.28. The molecule has 1 aromatic carbocycles. The van der Waals surface area contributed by atoms with Crippen LogP contribution in [0.15, 0.2) is 24.3 Å². The Balaban J connectivity index is 1.93. The number of para-hydroxylation sites is 1. The molecule has 0 heterocycles. The number of nitrogens with zero attached hydrogens (tertiary/aromatic N) is 2. The molecule has 0 aliphatic heterocycles. The van der Waals surface area contributed by atoms with Gasteiger partial charge in [-0.25, -0.2) is 0 Å². The maximum absolute atomic E-state index is 12.3. The molecule has 2 rings (SSSR count). The van der Waals surface area contributed by atoms with E-state index in [0.29, 0.717) is 24.3 Å². The molecule has 1 aliphatic rings. The number of carbonyl (C=O) groups is 1. The summed E-state index contributed by atoms with van der Waals surface area (Å²) in [6.45, 7) is 0.568. The van der Waals surface area contributed by atoms with E-state index in [1.807, 2.05) is 6.07 Å². The molecule has 1 fully saturated rings. The lowest BCUT2D eigenvalue weighted by molar-refractivity contribution is -0.137. The Labute approximate surface area is 124 Å². The summed E-state index contributed by atoms with van der Waals surface area (Å²) in [5, 5.41) is 17.9. The largest absolute Gasteiger partial charge is 0.482 e. The summed E-state index contributed by atoms with van der Waals surface area (Å²) in [7, 11) is 0. The van der Waals surface area contributed by atoms with E-state index in [2.05, 4.69) is 0 Å². The van der Waals surface area contributed by atoms with E-state index in [4.69, 9.17) is 15.1 Å². The Kier molecular flexibility index (Phi) is 5.59. The summed E-state index contributed by atoms with van der Waals surface area (Å²) in [6.07, 6.45) is 3.76. The average molecular weight is 288 g/mol. The minimum atomic E-state index is -0.0825. The van der Waals surface area contributed by atoms with Crippen LogP contribution in [0.4, 0.5) is 0 Å². The second-order valence-electron chi connectivity index (χ2n) is 5.15. The third-order valence-corrected chi connectivity index (χ3v) is 3.75. The number of aliphatic hydroxyl groups is 1. The van der Waals surface area contributed by atoms with Crippen molar-refractivity contribution in [2.45, 2.75) is 31.7 Å². The molecule has 1 N–H and O–H groups in total. The molecule has 1 aliphatic carbocycles. The zero-order chi connectivity index (χ0) is 15.1. The second-order valence-corrected chi connectivity index (χ2v) is 5.15. The molecule has 0 unspecified atom stereocenters. The summed E-state index contributed by atoms with van der Waals surface area (Å²) in [6, 6.07) is 9.20. The summed E-state index contributed by atoms with van der Waals surface area (Å²) < 4.78 is 5.49. The van der Waals surface area contributed by atoms with E-state index in [0.717, 1.165) is 19.3 Å². The van der Waals surface area contributed by atoms with Gasteiger partial charge in [0, 0.05) is 19.2 Å². The van der Waals surface area contributed by atoms with Crippen molar-refractivity contribution in [2.75, 3.05) is 19.8 Å². The smallest absolute Gasteiger partial charge is 0.260 e. The van der Waals surface area contributed by atoms with E-state index in [9.17, 15) is 4.79 Å². The minimum absolute atomic E-state index is 0.0688. The third-order valence-electron chi connectivity index (χ3n) is 3.75. The molecule has 21 heavy (non-hydrogen) atoms. The highest BCUT2D eigenvalue weighted by molar-refractivity contribution is 5.78. The summed E-state index contributed by atoms with van der Waals surface area (Å²) >= 11 is 0. The van der Waals surface area contributed by atoms with E-state index in [1.165, 1.54) is 0 Å². The predicted molar refractivity (Wildman–Crippen MR) is 77.7 cm³/mol. The monoisotopic (exact) mass is 288 g/mol. The van der Waals surface area contributed by atoms with Crippen LogP contribution in [0, 0.1) is 11.3 Å². The zero-order valence-electron chi connectivity index (χ0n) is 12.0. The van der Waals surface area contributed by atoms with Gasteiger partial charge in [0.15, 0.2) is 6.61 Å². The molecule has 5 heteroatoms. The van der Waals surface area contributed by atoms with Crippen molar-refractivity contribution < 1.29 is 14.6 Å². The van der Waals surface area contributed by atoms with Crippen molar-refractivity contribution in [1.29, 1.82) is 5.26 Å². The lowest BCUT2D eigenvalue weighted by Gasteiger charge is -2.37. The van der Waals surface area contributed by atoms with Gasteiger partial charge in [-0.05, 0) is 37.8 Å². The summed E-state index contributed by atoms with van der Waals surface area (Å²) in [4.78, 5) is 14.1. The molecule has 112 valence electrons. The quantitative estimate of drug-likeness (QED) is 0.828. The molecular weight excluding hydrogens is 268 g/mol. The first-order valence-electron chi connectivity index (χ1n) is 7.28. The third kappa shape index (κ3) is 3.96. The SMILES string of the molecule is N#Cc1ccccc1OCC(=O)N(CCCO)C1CCC1. The lowest BCUT2D eigenvalue weighted by Crippen LogP contribution is -2.46. The maximum Gasteiger partial charge on any atom is 0.260 e. The van der Waals surface area contributed by atoms with Crippen molar-refractivity contribution in [2.24, 2.45) is 0 Å². The van der Waals surface area contributed by atoms with Crippen LogP contribution in [-0.2, 0) is 4.79 Å².